The molecular weight excluding hydrogens is 408 g/mol. The van der Waals surface area contributed by atoms with Gasteiger partial charge in [0.2, 0.25) is 5.95 Å². The minimum atomic E-state index is 0.237. The standard InChI is InChI=1S/C23H24N6OS/c1-14-20(22-28-18-4-2-3-5-19(18)31-22)21(26-17-7-6-15(12-17)13-30)29-23(25-14)27-16-8-10-24-11-9-16/h2-5,8-11,15,17,30H,6-7,12-13H2,1H3,(H2,24,25,26,27,29)/t15-,17+/m1/s1. The lowest BCUT2D eigenvalue weighted by molar-refractivity contribution is 0.229. The maximum absolute atomic E-state index is 9.54. The van der Waals surface area contributed by atoms with E-state index in [-0.39, 0.29) is 12.6 Å². The van der Waals surface area contributed by atoms with Gasteiger partial charge >= 0.3 is 0 Å². The molecule has 1 saturated carbocycles. The smallest absolute Gasteiger partial charge is 0.229 e. The molecule has 7 nitrogen and oxygen atoms in total. The van der Waals surface area contributed by atoms with E-state index in [1.54, 1.807) is 23.7 Å². The number of hydrogen-bond donors (Lipinski definition) is 3. The zero-order valence-corrected chi connectivity index (χ0v) is 18.1. The highest BCUT2D eigenvalue weighted by Gasteiger charge is 2.26. The Bertz CT molecular complexity index is 1160. The number of para-hydroxylation sites is 1. The molecule has 0 unspecified atom stereocenters. The third-order valence-electron chi connectivity index (χ3n) is 5.67. The van der Waals surface area contributed by atoms with Crippen LogP contribution < -0.4 is 10.6 Å². The predicted molar refractivity (Wildman–Crippen MR) is 125 cm³/mol. The third-order valence-corrected chi connectivity index (χ3v) is 6.73. The monoisotopic (exact) mass is 432 g/mol. The van der Waals surface area contributed by atoms with Gasteiger partial charge in [0, 0.05) is 30.7 Å². The topological polar surface area (TPSA) is 95.9 Å². The molecule has 0 aliphatic heterocycles. The molecule has 3 heterocycles. The van der Waals surface area contributed by atoms with Crippen LogP contribution in [-0.2, 0) is 0 Å². The van der Waals surface area contributed by atoms with E-state index in [2.05, 4.69) is 21.7 Å². The highest BCUT2D eigenvalue weighted by molar-refractivity contribution is 7.21. The lowest BCUT2D eigenvalue weighted by atomic mass is 10.1. The number of aliphatic hydroxyl groups excluding tert-OH is 1. The first-order valence-electron chi connectivity index (χ1n) is 10.5. The van der Waals surface area contributed by atoms with Crippen molar-refractivity contribution in [1.82, 2.24) is 19.9 Å². The van der Waals surface area contributed by atoms with Crippen LogP contribution in [0, 0.1) is 12.8 Å². The Hall–Kier alpha value is -3.10. The molecule has 5 rings (SSSR count). The Morgan fingerprint density at radius 2 is 1.90 bits per heavy atom. The summed E-state index contributed by atoms with van der Waals surface area (Å²) in [5.41, 5.74) is 3.67. The van der Waals surface area contributed by atoms with E-state index >= 15 is 0 Å². The summed E-state index contributed by atoms with van der Waals surface area (Å²) in [6.07, 6.45) is 6.44. The zero-order chi connectivity index (χ0) is 21.2. The molecule has 1 fully saturated rings. The van der Waals surface area contributed by atoms with Crippen molar-refractivity contribution >= 4 is 39.0 Å². The van der Waals surface area contributed by atoms with Crippen LogP contribution in [0.5, 0.6) is 0 Å². The van der Waals surface area contributed by atoms with Crippen LogP contribution in [0.4, 0.5) is 17.5 Å². The van der Waals surface area contributed by atoms with E-state index in [4.69, 9.17) is 15.0 Å². The van der Waals surface area contributed by atoms with Crippen LogP contribution in [0.25, 0.3) is 20.8 Å². The summed E-state index contributed by atoms with van der Waals surface area (Å²) in [4.78, 5) is 18.5. The summed E-state index contributed by atoms with van der Waals surface area (Å²) < 4.78 is 1.14. The highest BCUT2D eigenvalue weighted by atomic mass is 32.1. The third kappa shape index (κ3) is 4.22. The zero-order valence-electron chi connectivity index (χ0n) is 17.2. The lowest BCUT2D eigenvalue weighted by Crippen LogP contribution is -2.19. The van der Waals surface area contributed by atoms with E-state index in [0.29, 0.717) is 11.9 Å². The molecule has 158 valence electrons. The molecule has 0 bridgehead atoms. The number of aromatic nitrogens is 4. The summed E-state index contributed by atoms with van der Waals surface area (Å²) >= 11 is 1.65. The molecule has 0 spiro atoms. The first-order chi connectivity index (χ1) is 15.2. The van der Waals surface area contributed by atoms with Gasteiger partial charge in [-0.3, -0.25) is 4.98 Å². The van der Waals surface area contributed by atoms with Crippen LogP contribution in [0.2, 0.25) is 0 Å². The Kier molecular flexibility index (Phi) is 5.48. The summed E-state index contributed by atoms with van der Waals surface area (Å²) in [7, 11) is 0. The second-order valence-electron chi connectivity index (χ2n) is 7.91. The van der Waals surface area contributed by atoms with Crippen LogP contribution in [-0.4, -0.2) is 37.7 Å². The van der Waals surface area contributed by atoms with Crippen molar-refractivity contribution in [3.8, 4) is 10.6 Å². The summed E-state index contributed by atoms with van der Waals surface area (Å²) in [6, 6.07) is 12.2. The van der Waals surface area contributed by atoms with E-state index in [1.807, 2.05) is 37.3 Å². The van der Waals surface area contributed by atoms with Crippen molar-refractivity contribution in [2.75, 3.05) is 17.2 Å². The first-order valence-corrected chi connectivity index (χ1v) is 11.3. The van der Waals surface area contributed by atoms with Crippen molar-refractivity contribution in [3.63, 3.8) is 0 Å². The van der Waals surface area contributed by atoms with E-state index in [9.17, 15) is 5.11 Å². The second-order valence-corrected chi connectivity index (χ2v) is 8.94. The molecule has 3 N–H and O–H groups in total. The van der Waals surface area contributed by atoms with Gasteiger partial charge in [-0.2, -0.15) is 4.98 Å². The molecule has 2 atom stereocenters. The number of aliphatic hydroxyl groups is 1. The number of hydrogen-bond acceptors (Lipinski definition) is 8. The lowest BCUT2D eigenvalue weighted by Gasteiger charge is -2.18. The van der Waals surface area contributed by atoms with Gasteiger partial charge in [0.25, 0.3) is 0 Å². The van der Waals surface area contributed by atoms with Crippen LogP contribution in [0.1, 0.15) is 25.0 Å². The normalized spacial score (nSPS) is 18.4. The van der Waals surface area contributed by atoms with Gasteiger partial charge in [0.05, 0.1) is 21.5 Å². The van der Waals surface area contributed by atoms with E-state index in [0.717, 1.165) is 57.2 Å². The quantitative estimate of drug-likeness (QED) is 0.404. The fraction of sp³-hybridized carbons (Fsp3) is 0.304. The van der Waals surface area contributed by atoms with Gasteiger partial charge in [0.15, 0.2) is 0 Å². The molecule has 4 aromatic rings. The van der Waals surface area contributed by atoms with Gasteiger partial charge in [-0.1, -0.05) is 12.1 Å². The van der Waals surface area contributed by atoms with Gasteiger partial charge in [-0.15, -0.1) is 11.3 Å². The fourth-order valence-electron chi connectivity index (χ4n) is 4.10. The van der Waals surface area contributed by atoms with Gasteiger partial charge < -0.3 is 15.7 Å². The van der Waals surface area contributed by atoms with E-state index in [1.165, 1.54) is 0 Å². The number of thiazole rings is 1. The molecular formula is C23H24N6OS. The molecule has 1 aromatic carbocycles. The molecule has 1 aliphatic rings. The highest BCUT2D eigenvalue weighted by Crippen LogP contribution is 2.38. The Morgan fingerprint density at radius 1 is 1.06 bits per heavy atom. The number of pyridine rings is 1. The van der Waals surface area contributed by atoms with Crippen LogP contribution in [0.15, 0.2) is 48.8 Å². The molecule has 3 aromatic heterocycles. The van der Waals surface area contributed by atoms with Crippen LogP contribution >= 0.6 is 11.3 Å². The second kappa shape index (κ2) is 8.56. The first kappa shape index (κ1) is 19.8. The van der Waals surface area contributed by atoms with Gasteiger partial charge in [-0.25, -0.2) is 9.97 Å². The van der Waals surface area contributed by atoms with Crippen molar-refractivity contribution in [2.24, 2.45) is 5.92 Å². The van der Waals surface area contributed by atoms with Crippen molar-refractivity contribution in [1.29, 1.82) is 0 Å². The number of nitrogens with zero attached hydrogens (tertiary/aromatic N) is 4. The maximum atomic E-state index is 9.54. The maximum Gasteiger partial charge on any atom is 0.229 e. The molecule has 8 heteroatoms. The van der Waals surface area contributed by atoms with Gasteiger partial charge in [-0.05, 0) is 56.4 Å². The summed E-state index contributed by atoms with van der Waals surface area (Å²) in [5, 5.41) is 17.4. The summed E-state index contributed by atoms with van der Waals surface area (Å²) in [5.74, 6) is 1.67. The predicted octanol–water partition coefficient (Wildman–Crippen LogP) is 4.77. The SMILES string of the molecule is Cc1nc(Nc2ccncc2)nc(N[C@H]2CC[C@@H](CO)C2)c1-c1nc2ccccc2s1. The van der Waals surface area contributed by atoms with Crippen LogP contribution in [0.3, 0.4) is 0 Å². The molecule has 0 radical (unpaired) electrons. The molecule has 0 saturated heterocycles. The van der Waals surface area contributed by atoms with Crippen molar-refractivity contribution in [2.45, 2.75) is 32.2 Å². The number of nitrogens with one attached hydrogen (secondary N) is 2. The number of rotatable bonds is 6. The number of anilines is 3. The van der Waals surface area contributed by atoms with E-state index < -0.39 is 0 Å². The number of fused-ring (bicyclic) bond motifs is 1. The molecule has 31 heavy (non-hydrogen) atoms. The fourth-order valence-corrected chi connectivity index (χ4v) is 5.16. The Balaban J connectivity index is 1.55. The Labute approximate surface area is 184 Å². The average molecular weight is 433 g/mol. The van der Waals surface area contributed by atoms with Gasteiger partial charge in [0.1, 0.15) is 10.8 Å². The largest absolute Gasteiger partial charge is 0.396 e. The molecule has 0 amide bonds. The average Bonchev–Trinajstić information content (AvgIpc) is 3.40. The summed E-state index contributed by atoms with van der Waals surface area (Å²) in [6.45, 7) is 2.23. The number of benzene rings is 1. The minimum Gasteiger partial charge on any atom is -0.396 e. The van der Waals surface area contributed by atoms with Crippen molar-refractivity contribution in [3.05, 3.63) is 54.5 Å². The number of aryl methyl sites for hydroxylation is 1. The molecule has 1 aliphatic carbocycles. The van der Waals surface area contributed by atoms with Crippen molar-refractivity contribution < 1.29 is 5.11 Å². The minimum absolute atomic E-state index is 0.237. The Morgan fingerprint density at radius 3 is 2.68 bits per heavy atom.